The molecular weight excluding hydrogens is 291 g/mol. The Kier molecular flexibility index (Phi) is 15.8. The SMILES string of the molecule is CCCCCCCCC(CCC(C)O)S(=O)(=O)[O-].[K+]. The quantitative estimate of drug-likeness (QED) is 0.326. The molecule has 0 radical (unpaired) electrons. The Labute approximate surface area is 160 Å². The van der Waals surface area contributed by atoms with Gasteiger partial charge in [-0.25, -0.2) is 8.42 Å². The first-order valence-electron chi connectivity index (χ1n) is 7.00. The molecule has 0 rings (SSSR count). The molecule has 0 aromatic rings. The first kappa shape index (κ1) is 22.8. The molecule has 0 saturated heterocycles. The number of hydrogen-bond acceptors (Lipinski definition) is 4. The second-order valence-corrected chi connectivity index (χ2v) is 6.75. The van der Waals surface area contributed by atoms with E-state index in [4.69, 9.17) is 5.11 Å². The zero-order valence-corrected chi connectivity index (χ0v) is 16.5. The number of hydrogen-bond donors (Lipinski definition) is 1. The van der Waals surface area contributed by atoms with Crippen LogP contribution in [0.15, 0.2) is 0 Å². The van der Waals surface area contributed by atoms with E-state index in [2.05, 4.69) is 6.92 Å². The van der Waals surface area contributed by atoms with Crippen LogP contribution in [0.2, 0.25) is 0 Å². The van der Waals surface area contributed by atoms with Crippen LogP contribution >= 0.6 is 0 Å². The number of aliphatic hydroxyl groups is 1. The Balaban J connectivity index is 0. The summed E-state index contributed by atoms with van der Waals surface area (Å²) in [5.74, 6) is 0. The van der Waals surface area contributed by atoms with E-state index in [1.165, 1.54) is 19.3 Å². The van der Waals surface area contributed by atoms with Crippen molar-refractivity contribution in [2.24, 2.45) is 0 Å². The average Bonchev–Trinajstić information content (AvgIpc) is 2.25. The maximum Gasteiger partial charge on any atom is 1.00 e. The topological polar surface area (TPSA) is 77.4 Å². The predicted octanol–water partition coefficient (Wildman–Crippen LogP) is -0.184. The summed E-state index contributed by atoms with van der Waals surface area (Å²) in [6.07, 6.45) is 7.01. The van der Waals surface area contributed by atoms with Gasteiger partial charge in [-0.05, 0) is 26.2 Å². The Morgan fingerprint density at radius 3 is 2.00 bits per heavy atom. The van der Waals surface area contributed by atoms with Gasteiger partial charge in [0.15, 0.2) is 0 Å². The minimum Gasteiger partial charge on any atom is -0.748 e. The molecule has 0 aromatic heterocycles. The molecule has 1 N–H and O–H groups in total. The molecule has 0 aliphatic carbocycles. The van der Waals surface area contributed by atoms with Crippen molar-refractivity contribution in [1.82, 2.24) is 0 Å². The molecule has 0 saturated carbocycles. The fourth-order valence-corrected chi connectivity index (χ4v) is 2.89. The van der Waals surface area contributed by atoms with Gasteiger partial charge in [0.05, 0.1) is 16.2 Å². The number of unbranched alkanes of at least 4 members (excludes halogenated alkanes) is 5. The molecule has 0 spiro atoms. The second kappa shape index (κ2) is 13.2. The first-order valence-corrected chi connectivity index (χ1v) is 8.47. The summed E-state index contributed by atoms with van der Waals surface area (Å²) >= 11 is 0. The predicted molar refractivity (Wildman–Crippen MR) is 72.4 cm³/mol. The maximum absolute atomic E-state index is 11.1. The van der Waals surface area contributed by atoms with Crippen LogP contribution in [0.5, 0.6) is 0 Å². The van der Waals surface area contributed by atoms with Crippen LogP contribution in [0.25, 0.3) is 0 Å². The third kappa shape index (κ3) is 14.2. The molecule has 0 fully saturated rings. The van der Waals surface area contributed by atoms with Crippen LogP contribution in [0.1, 0.15) is 71.6 Å². The van der Waals surface area contributed by atoms with Gasteiger partial charge in [0.25, 0.3) is 0 Å². The van der Waals surface area contributed by atoms with Gasteiger partial charge in [-0.1, -0.05) is 45.4 Å². The summed E-state index contributed by atoms with van der Waals surface area (Å²) < 4.78 is 33.2. The summed E-state index contributed by atoms with van der Waals surface area (Å²) in [4.78, 5) is 0. The van der Waals surface area contributed by atoms with Crippen molar-refractivity contribution in [3.05, 3.63) is 0 Å². The monoisotopic (exact) mass is 318 g/mol. The van der Waals surface area contributed by atoms with E-state index in [0.29, 0.717) is 12.8 Å². The van der Waals surface area contributed by atoms with Crippen molar-refractivity contribution in [2.45, 2.75) is 83.0 Å². The first-order chi connectivity index (χ1) is 8.38. The summed E-state index contributed by atoms with van der Waals surface area (Å²) in [5, 5.41) is 8.32. The van der Waals surface area contributed by atoms with Gasteiger partial charge in [0, 0.05) is 5.25 Å². The van der Waals surface area contributed by atoms with Crippen LogP contribution in [0.3, 0.4) is 0 Å². The van der Waals surface area contributed by atoms with Gasteiger partial charge in [-0.2, -0.15) is 0 Å². The van der Waals surface area contributed by atoms with Gasteiger partial charge >= 0.3 is 51.4 Å². The van der Waals surface area contributed by atoms with Gasteiger partial charge in [-0.3, -0.25) is 0 Å². The van der Waals surface area contributed by atoms with Crippen LogP contribution in [0.4, 0.5) is 0 Å². The third-order valence-electron chi connectivity index (χ3n) is 3.19. The average molecular weight is 319 g/mol. The summed E-state index contributed by atoms with van der Waals surface area (Å²) in [7, 11) is -4.22. The largest absolute Gasteiger partial charge is 1.00 e. The molecule has 0 aliphatic rings. The fourth-order valence-electron chi connectivity index (χ4n) is 2.01. The van der Waals surface area contributed by atoms with E-state index < -0.39 is 21.5 Å². The van der Waals surface area contributed by atoms with Crippen molar-refractivity contribution in [1.29, 1.82) is 0 Å². The van der Waals surface area contributed by atoms with Crippen molar-refractivity contribution in [3.8, 4) is 0 Å². The summed E-state index contributed by atoms with van der Waals surface area (Å²) in [5.41, 5.74) is 0. The number of aliphatic hydroxyl groups excluding tert-OH is 1. The van der Waals surface area contributed by atoms with Crippen molar-refractivity contribution >= 4 is 10.1 Å². The normalized spacial score (nSPS) is 14.7. The second-order valence-electron chi connectivity index (χ2n) is 5.10. The standard InChI is InChI=1S/C13H28O4S.K/c1-3-4-5-6-7-8-9-13(18(15,16)17)11-10-12(2)14;/h12-14H,3-11H2,1-2H3,(H,15,16,17);/q;+1/p-1. The van der Waals surface area contributed by atoms with Gasteiger partial charge in [0.2, 0.25) is 0 Å². The molecule has 2 atom stereocenters. The van der Waals surface area contributed by atoms with Crippen LogP contribution in [-0.4, -0.2) is 29.4 Å². The molecule has 6 heteroatoms. The maximum atomic E-state index is 11.1. The summed E-state index contributed by atoms with van der Waals surface area (Å²) in [6.45, 7) is 3.76. The van der Waals surface area contributed by atoms with Gasteiger partial charge in [0.1, 0.15) is 0 Å². The van der Waals surface area contributed by atoms with Gasteiger partial charge < -0.3 is 9.66 Å². The zero-order chi connectivity index (χ0) is 14.0. The Bertz CT molecular complexity index is 291. The smallest absolute Gasteiger partial charge is 0.748 e. The van der Waals surface area contributed by atoms with E-state index in [-0.39, 0.29) is 57.8 Å². The molecule has 19 heavy (non-hydrogen) atoms. The molecule has 0 aromatic carbocycles. The van der Waals surface area contributed by atoms with E-state index in [1.54, 1.807) is 6.92 Å². The van der Waals surface area contributed by atoms with Crippen LogP contribution in [-0.2, 0) is 10.1 Å². The van der Waals surface area contributed by atoms with E-state index in [9.17, 15) is 13.0 Å². The van der Waals surface area contributed by atoms with E-state index in [0.717, 1.165) is 19.3 Å². The molecule has 0 aliphatic heterocycles. The van der Waals surface area contributed by atoms with Crippen LogP contribution < -0.4 is 51.4 Å². The van der Waals surface area contributed by atoms with Crippen molar-refractivity contribution < 1.29 is 69.5 Å². The minimum atomic E-state index is -4.22. The van der Waals surface area contributed by atoms with E-state index >= 15 is 0 Å². The van der Waals surface area contributed by atoms with E-state index in [1.807, 2.05) is 0 Å². The molecule has 0 amide bonds. The molecule has 2 unspecified atom stereocenters. The Hall–Kier alpha value is 1.51. The summed E-state index contributed by atoms with van der Waals surface area (Å²) in [6, 6.07) is 0. The van der Waals surface area contributed by atoms with Crippen molar-refractivity contribution in [2.75, 3.05) is 0 Å². The molecule has 4 nitrogen and oxygen atoms in total. The Morgan fingerprint density at radius 2 is 1.53 bits per heavy atom. The fraction of sp³-hybridized carbons (Fsp3) is 1.00. The molecule has 0 bridgehead atoms. The van der Waals surface area contributed by atoms with Crippen molar-refractivity contribution in [3.63, 3.8) is 0 Å². The minimum absolute atomic E-state index is 0. The van der Waals surface area contributed by atoms with Crippen LogP contribution in [0, 0.1) is 0 Å². The molecule has 110 valence electrons. The Morgan fingerprint density at radius 1 is 1.00 bits per heavy atom. The molecule has 0 heterocycles. The zero-order valence-electron chi connectivity index (χ0n) is 12.6. The number of rotatable bonds is 11. The van der Waals surface area contributed by atoms with Gasteiger partial charge in [-0.15, -0.1) is 0 Å². The third-order valence-corrected chi connectivity index (χ3v) is 4.48. The molecular formula is C13H27KO4S.